The van der Waals surface area contributed by atoms with E-state index in [0.29, 0.717) is 5.92 Å². The minimum absolute atomic E-state index is 0.185. The van der Waals surface area contributed by atoms with Gasteiger partial charge in [0.25, 0.3) is 0 Å². The van der Waals surface area contributed by atoms with Crippen LogP contribution in [0.15, 0.2) is 30.6 Å². The highest BCUT2D eigenvalue weighted by Gasteiger charge is 2.44. The number of aliphatic hydroxyl groups is 1. The van der Waals surface area contributed by atoms with E-state index in [1.165, 1.54) is 12.8 Å². The predicted octanol–water partition coefficient (Wildman–Crippen LogP) is 2.18. The second kappa shape index (κ2) is 5.54. The number of aromatic nitrogens is 2. The van der Waals surface area contributed by atoms with Crippen LogP contribution in [0.4, 0.5) is 0 Å². The van der Waals surface area contributed by atoms with Crippen LogP contribution in [0, 0.1) is 5.92 Å². The zero-order valence-corrected chi connectivity index (χ0v) is 12.0. The van der Waals surface area contributed by atoms with E-state index in [1.54, 1.807) is 0 Å². The van der Waals surface area contributed by atoms with Gasteiger partial charge in [-0.2, -0.15) is 0 Å². The van der Waals surface area contributed by atoms with Crippen LogP contribution >= 0.6 is 0 Å². The molecule has 4 nitrogen and oxygen atoms in total. The summed E-state index contributed by atoms with van der Waals surface area (Å²) in [5.74, 6) is 0.584. The molecule has 0 saturated heterocycles. The number of fused-ring (bicyclic) bond motifs is 1. The van der Waals surface area contributed by atoms with Gasteiger partial charge in [-0.25, -0.2) is 4.98 Å². The number of imidazole rings is 1. The van der Waals surface area contributed by atoms with Crippen molar-refractivity contribution in [2.75, 3.05) is 13.2 Å². The van der Waals surface area contributed by atoms with Crippen LogP contribution in [0.1, 0.15) is 26.2 Å². The highest BCUT2D eigenvalue weighted by molar-refractivity contribution is 5.74. The summed E-state index contributed by atoms with van der Waals surface area (Å²) in [5, 5.41) is 13.6. The number of para-hydroxylation sites is 2. The monoisotopic (exact) mass is 273 g/mol. The van der Waals surface area contributed by atoms with E-state index in [1.807, 2.05) is 24.5 Å². The topological polar surface area (TPSA) is 50.1 Å². The van der Waals surface area contributed by atoms with Gasteiger partial charge in [-0.05, 0) is 43.9 Å². The Morgan fingerprint density at radius 2 is 2.20 bits per heavy atom. The summed E-state index contributed by atoms with van der Waals surface area (Å²) in [7, 11) is 0. The summed E-state index contributed by atoms with van der Waals surface area (Å²) in [6, 6.07) is 8.17. The van der Waals surface area contributed by atoms with E-state index in [9.17, 15) is 5.11 Å². The van der Waals surface area contributed by atoms with Crippen molar-refractivity contribution in [1.29, 1.82) is 0 Å². The van der Waals surface area contributed by atoms with Crippen molar-refractivity contribution in [3.8, 4) is 0 Å². The maximum Gasteiger partial charge on any atom is 0.0958 e. The first kappa shape index (κ1) is 13.6. The molecule has 0 spiro atoms. The molecule has 1 aliphatic rings. The van der Waals surface area contributed by atoms with Gasteiger partial charge >= 0.3 is 0 Å². The Labute approximate surface area is 119 Å². The third kappa shape index (κ3) is 2.45. The van der Waals surface area contributed by atoms with Gasteiger partial charge in [-0.1, -0.05) is 19.1 Å². The summed E-state index contributed by atoms with van der Waals surface area (Å²) < 4.78 is 2.17. The molecule has 1 aromatic heterocycles. The Hall–Kier alpha value is -1.39. The van der Waals surface area contributed by atoms with Gasteiger partial charge in [0.1, 0.15) is 0 Å². The van der Waals surface area contributed by atoms with E-state index < -0.39 is 0 Å². The highest BCUT2D eigenvalue weighted by atomic mass is 16.3. The van der Waals surface area contributed by atoms with Gasteiger partial charge < -0.3 is 15.0 Å². The van der Waals surface area contributed by atoms with E-state index >= 15 is 0 Å². The fraction of sp³-hybridized carbons (Fsp3) is 0.562. The summed E-state index contributed by atoms with van der Waals surface area (Å²) in [6.07, 6.45) is 5.40. The summed E-state index contributed by atoms with van der Waals surface area (Å²) in [5.41, 5.74) is 1.97. The molecule has 0 radical (unpaired) electrons. The van der Waals surface area contributed by atoms with E-state index in [-0.39, 0.29) is 12.1 Å². The van der Waals surface area contributed by atoms with Crippen molar-refractivity contribution in [2.24, 2.45) is 5.92 Å². The van der Waals surface area contributed by atoms with Gasteiger partial charge in [-0.15, -0.1) is 0 Å². The molecule has 4 heteroatoms. The van der Waals surface area contributed by atoms with Crippen molar-refractivity contribution < 1.29 is 5.11 Å². The van der Waals surface area contributed by atoms with Gasteiger partial charge in [0.15, 0.2) is 0 Å². The van der Waals surface area contributed by atoms with E-state index in [4.69, 9.17) is 0 Å². The van der Waals surface area contributed by atoms with Crippen LogP contribution in [-0.2, 0) is 6.54 Å². The van der Waals surface area contributed by atoms with Gasteiger partial charge in [0.2, 0.25) is 0 Å². The lowest BCUT2D eigenvalue weighted by molar-refractivity contribution is 0.123. The molecule has 0 amide bonds. The molecular formula is C16H23N3O. The number of rotatable bonds is 7. The first-order valence-electron chi connectivity index (χ1n) is 7.55. The third-order valence-corrected chi connectivity index (χ3v) is 4.35. The fourth-order valence-electron chi connectivity index (χ4n) is 3.01. The second-order valence-electron chi connectivity index (χ2n) is 5.88. The lowest BCUT2D eigenvalue weighted by Crippen LogP contribution is -2.54. The van der Waals surface area contributed by atoms with E-state index in [0.717, 1.165) is 30.5 Å². The molecule has 3 rings (SSSR count). The number of benzene rings is 1. The normalized spacial score (nSPS) is 18.3. The van der Waals surface area contributed by atoms with Crippen molar-refractivity contribution in [2.45, 2.75) is 38.3 Å². The van der Waals surface area contributed by atoms with Crippen LogP contribution in [0.25, 0.3) is 11.0 Å². The van der Waals surface area contributed by atoms with E-state index in [2.05, 4.69) is 27.9 Å². The molecule has 2 aromatic rings. The first-order valence-corrected chi connectivity index (χ1v) is 7.55. The molecule has 1 atom stereocenters. The Morgan fingerprint density at radius 3 is 2.90 bits per heavy atom. The molecule has 1 saturated carbocycles. The number of aliphatic hydroxyl groups excluding tert-OH is 1. The molecule has 1 fully saturated rings. The Balaban J connectivity index is 1.88. The molecule has 20 heavy (non-hydrogen) atoms. The van der Waals surface area contributed by atoms with Crippen molar-refractivity contribution >= 4 is 11.0 Å². The fourth-order valence-corrected chi connectivity index (χ4v) is 3.01. The number of hydrogen-bond acceptors (Lipinski definition) is 3. The average Bonchev–Trinajstić information content (AvgIpc) is 3.27. The highest BCUT2D eigenvalue weighted by Crippen LogP contribution is 2.40. The molecule has 1 aliphatic carbocycles. The van der Waals surface area contributed by atoms with Gasteiger partial charge in [-0.3, -0.25) is 0 Å². The van der Waals surface area contributed by atoms with Crippen LogP contribution in [0.2, 0.25) is 0 Å². The number of nitrogens with one attached hydrogen (secondary N) is 1. The second-order valence-corrected chi connectivity index (χ2v) is 5.88. The van der Waals surface area contributed by atoms with Crippen LogP contribution in [-0.4, -0.2) is 33.3 Å². The standard InChI is InChI=1S/C16H23N3O/c1-2-9-18-16(11-20,13-7-8-13)10-19-12-17-14-5-3-4-6-15(14)19/h3-6,12-13,18,20H,2,7-11H2,1H3. The number of hydrogen-bond donors (Lipinski definition) is 2. The number of nitrogens with zero attached hydrogens (tertiary/aromatic N) is 2. The van der Waals surface area contributed by atoms with Crippen molar-refractivity contribution in [1.82, 2.24) is 14.9 Å². The molecule has 108 valence electrons. The summed E-state index contributed by atoms with van der Waals surface area (Å²) >= 11 is 0. The molecule has 0 aliphatic heterocycles. The largest absolute Gasteiger partial charge is 0.394 e. The van der Waals surface area contributed by atoms with Crippen LogP contribution in [0.5, 0.6) is 0 Å². The summed E-state index contributed by atoms with van der Waals surface area (Å²) in [6.45, 7) is 4.08. The van der Waals surface area contributed by atoms with Gasteiger partial charge in [0, 0.05) is 6.54 Å². The zero-order valence-electron chi connectivity index (χ0n) is 12.0. The molecule has 0 bridgehead atoms. The molecule has 1 heterocycles. The lowest BCUT2D eigenvalue weighted by atomic mass is 9.93. The third-order valence-electron chi connectivity index (χ3n) is 4.35. The summed E-state index contributed by atoms with van der Waals surface area (Å²) in [4.78, 5) is 4.45. The lowest BCUT2D eigenvalue weighted by Gasteiger charge is -2.34. The molecule has 1 aromatic carbocycles. The average molecular weight is 273 g/mol. The Morgan fingerprint density at radius 1 is 1.40 bits per heavy atom. The SMILES string of the molecule is CCCNC(CO)(Cn1cnc2ccccc21)C1CC1. The Kier molecular flexibility index (Phi) is 3.76. The minimum Gasteiger partial charge on any atom is -0.394 e. The predicted molar refractivity (Wildman–Crippen MR) is 80.6 cm³/mol. The maximum absolute atomic E-state index is 9.99. The molecular weight excluding hydrogens is 250 g/mol. The first-order chi connectivity index (χ1) is 9.79. The van der Waals surface area contributed by atoms with Crippen LogP contribution in [0.3, 0.4) is 0 Å². The maximum atomic E-state index is 9.99. The smallest absolute Gasteiger partial charge is 0.0958 e. The van der Waals surface area contributed by atoms with Crippen molar-refractivity contribution in [3.05, 3.63) is 30.6 Å². The van der Waals surface area contributed by atoms with Crippen molar-refractivity contribution in [3.63, 3.8) is 0 Å². The van der Waals surface area contributed by atoms with Crippen LogP contribution < -0.4 is 5.32 Å². The quantitative estimate of drug-likeness (QED) is 0.813. The zero-order chi connectivity index (χ0) is 14.0. The minimum atomic E-state index is -0.195. The van der Waals surface area contributed by atoms with Gasteiger partial charge in [0.05, 0.1) is 29.5 Å². The molecule has 2 N–H and O–H groups in total. The Bertz CT molecular complexity index is 576. The molecule has 1 unspecified atom stereocenters.